The summed E-state index contributed by atoms with van der Waals surface area (Å²) in [7, 11) is 0. The zero-order valence-corrected chi connectivity index (χ0v) is 22.1. The van der Waals surface area contributed by atoms with E-state index in [1.165, 1.54) is 0 Å². The molecule has 0 amide bonds. The number of ketones is 3. The van der Waals surface area contributed by atoms with Crippen LogP contribution in [0.2, 0.25) is 10.0 Å². The molecule has 39 heavy (non-hydrogen) atoms. The van der Waals surface area contributed by atoms with E-state index in [9.17, 15) is 14.4 Å². The number of hydrogen-bond acceptors (Lipinski definition) is 4. The van der Waals surface area contributed by atoms with Crippen molar-refractivity contribution in [3.63, 3.8) is 0 Å². The zero-order chi connectivity index (χ0) is 26.9. The van der Waals surface area contributed by atoms with Crippen LogP contribution in [0.3, 0.4) is 0 Å². The van der Waals surface area contributed by atoms with E-state index in [-0.39, 0.29) is 17.3 Å². The van der Waals surface area contributed by atoms with Crippen LogP contribution in [-0.2, 0) is 0 Å². The van der Waals surface area contributed by atoms with Gasteiger partial charge in [-0.05, 0) is 47.5 Å². The molecular weight excluding hydrogens is 529 g/mol. The van der Waals surface area contributed by atoms with E-state index >= 15 is 0 Å². The first-order chi connectivity index (χ1) is 18.9. The van der Waals surface area contributed by atoms with Crippen molar-refractivity contribution in [2.75, 3.05) is 4.90 Å². The Hall–Kier alpha value is -3.99. The van der Waals surface area contributed by atoms with E-state index in [2.05, 4.69) is 0 Å². The topological polar surface area (TPSA) is 54.5 Å². The number of Topliss-reactive ketones (excluding diaryl/α,β-unsaturated/α-hetero) is 3. The van der Waals surface area contributed by atoms with Crippen LogP contribution in [0.1, 0.15) is 48.1 Å². The Morgan fingerprint density at radius 2 is 1.36 bits per heavy atom. The summed E-state index contributed by atoms with van der Waals surface area (Å²) in [5.41, 5.74) is 1.93. The van der Waals surface area contributed by atoms with Gasteiger partial charge in [0.1, 0.15) is 11.5 Å². The fourth-order valence-electron chi connectivity index (χ4n) is 6.77. The first kappa shape index (κ1) is 24.1. The maximum atomic E-state index is 14.6. The van der Waals surface area contributed by atoms with Crippen molar-refractivity contribution in [1.29, 1.82) is 0 Å². The second-order valence-electron chi connectivity index (χ2n) is 10.2. The summed E-state index contributed by atoms with van der Waals surface area (Å²) >= 11 is 13.0. The SMILES string of the molecule is O=C(c1ccc(Cl)cc1)[C@H]1[C@H](c2ccccc2Cl)C2(C(=O)c3ccccc3C2=O)[C@@H]2C=Cc3ccccc3N21. The van der Waals surface area contributed by atoms with E-state index in [1.807, 2.05) is 53.5 Å². The van der Waals surface area contributed by atoms with Crippen molar-refractivity contribution < 1.29 is 14.4 Å². The van der Waals surface area contributed by atoms with Crippen molar-refractivity contribution in [1.82, 2.24) is 0 Å². The van der Waals surface area contributed by atoms with Gasteiger partial charge < -0.3 is 4.90 Å². The molecule has 1 spiro atoms. The van der Waals surface area contributed by atoms with Crippen molar-refractivity contribution in [3.05, 3.63) is 141 Å². The maximum absolute atomic E-state index is 14.6. The highest BCUT2D eigenvalue weighted by Gasteiger charge is 2.71. The predicted octanol–water partition coefficient (Wildman–Crippen LogP) is 7.31. The Kier molecular flexibility index (Phi) is 5.41. The number of carbonyl (C=O) groups excluding carboxylic acids is 3. The first-order valence-electron chi connectivity index (χ1n) is 12.7. The quantitative estimate of drug-likeness (QED) is 0.198. The summed E-state index contributed by atoms with van der Waals surface area (Å²) in [4.78, 5) is 45.7. The third kappa shape index (κ3) is 3.22. The summed E-state index contributed by atoms with van der Waals surface area (Å²) in [6.07, 6.45) is 3.85. The smallest absolute Gasteiger partial charge is 0.185 e. The summed E-state index contributed by atoms with van der Waals surface area (Å²) in [5, 5.41) is 0.919. The van der Waals surface area contributed by atoms with Gasteiger partial charge in [0, 0.05) is 38.3 Å². The Morgan fingerprint density at radius 1 is 0.744 bits per heavy atom. The van der Waals surface area contributed by atoms with Crippen LogP contribution in [0.4, 0.5) is 5.69 Å². The third-order valence-electron chi connectivity index (χ3n) is 8.35. The number of anilines is 1. The van der Waals surface area contributed by atoms with Crippen LogP contribution in [0, 0.1) is 5.41 Å². The maximum Gasteiger partial charge on any atom is 0.185 e. The molecule has 4 aromatic rings. The van der Waals surface area contributed by atoms with Gasteiger partial charge in [-0.15, -0.1) is 0 Å². The molecule has 0 bridgehead atoms. The molecule has 4 nitrogen and oxygen atoms in total. The largest absolute Gasteiger partial charge is 0.352 e. The molecule has 0 N–H and O–H groups in total. The number of rotatable bonds is 3. The van der Waals surface area contributed by atoms with Crippen LogP contribution in [0.15, 0.2) is 103 Å². The number of halogens is 2. The fourth-order valence-corrected chi connectivity index (χ4v) is 7.15. The molecule has 1 fully saturated rings. The predicted molar refractivity (Wildman–Crippen MR) is 153 cm³/mol. The van der Waals surface area contributed by atoms with Crippen molar-refractivity contribution in [2.24, 2.45) is 5.41 Å². The van der Waals surface area contributed by atoms with Gasteiger partial charge in [-0.3, -0.25) is 14.4 Å². The molecule has 2 aliphatic heterocycles. The molecule has 1 aliphatic carbocycles. The van der Waals surface area contributed by atoms with Crippen molar-refractivity contribution in [3.8, 4) is 0 Å². The molecule has 3 aliphatic rings. The van der Waals surface area contributed by atoms with E-state index < -0.39 is 23.4 Å². The monoisotopic (exact) mass is 549 g/mol. The van der Waals surface area contributed by atoms with Crippen molar-refractivity contribution >= 4 is 52.3 Å². The summed E-state index contributed by atoms with van der Waals surface area (Å²) in [6, 6.07) is 27.0. The van der Waals surface area contributed by atoms with Crippen LogP contribution in [-0.4, -0.2) is 29.4 Å². The highest BCUT2D eigenvalue weighted by Crippen LogP contribution is 2.61. The minimum Gasteiger partial charge on any atom is -0.352 e. The minimum atomic E-state index is -1.58. The standard InChI is InChI=1S/C33H21Cl2NO3/c34-21-16-13-20(14-17-21)30(37)29-28(24-10-4-5-11-25(24)35)33(31(38)22-8-2-3-9-23(22)32(33)39)27-18-15-19-7-1-6-12-26(19)36(27)29/h1-18,27-29H/t27-,28-,29+/m0/s1. The lowest BCUT2D eigenvalue weighted by Gasteiger charge is -2.37. The van der Waals surface area contributed by atoms with Gasteiger partial charge >= 0.3 is 0 Å². The van der Waals surface area contributed by atoms with Gasteiger partial charge in [-0.2, -0.15) is 0 Å². The lowest BCUT2D eigenvalue weighted by Crippen LogP contribution is -2.48. The molecule has 0 aromatic heterocycles. The summed E-state index contributed by atoms with van der Waals surface area (Å²) < 4.78 is 0. The fraction of sp³-hybridized carbons (Fsp3) is 0.121. The lowest BCUT2D eigenvalue weighted by molar-refractivity contribution is 0.0666. The average molecular weight is 550 g/mol. The molecule has 0 radical (unpaired) electrons. The van der Waals surface area contributed by atoms with Gasteiger partial charge in [0.05, 0.1) is 6.04 Å². The zero-order valence-electron chi connectivity index (χ0n) is 20.6. The number of fused-ring (bicyclic) bond motifs is 5. The second-order valence-corrected chi connectivity index (χ2v) is 11.0. The van der Waals surface area contributed by atoms with Gasteiger partial charge in [0.25, 0.3) is 0 Å². The molecule has 6 heteroatoms. The van der Waals surface area contributed by atoms with E-state index in [1.54, 1.807) is 60.7 Å². The van der Waals surface area contributed by atoms with Gasteiger partial charge in [-0.1, -0.05) is 96.0 Å². The number of para-hydroxylation sites is 1. The molecule has 3 atom stereocenters. The Bertz CT molecular complexity index is 1690. The molecule has 1 saturated heterocycles. The number of carbonyl (C=O) groups is 3. The lowest BCUT2D eigenvalue weighted by atomic mass is 9.64. The first-order valence-corrected chi connectivity index (χ1v) is 13.5. The van der Waals surface area contributed by atoms with Gasteiger partial charge in [-0.25, -0.2) is 0 Å². The number of nitrogens with zero attached hydrogens (tertiary/aromatic N) is 1. The third-order valence-corrected chi connectivity index (χ3v) is 8.95. The molecule has 0 unspecified atom stereocenters. The van der Waals surface area contributed by atoms with E-state index in [0.29, 0.717) is 32.3 Å². The van der Waals surface area contributed by atoms with Gasteiger partial charge in [0.15, 0.2) is 17.3 Å². The second kappa shape index (κ2) is 8.77. The summed E-state index contributed by atoms with van der Waals surface area (Å²) in [6.45, 7) is 0. The normalized spacial score (nSPS) is 22.1. The van der Waals surface area contributed by atoms with Gasteiger partial charge in [0.2, 0.25) is 0 Å². The van der Waals surface area contributed by atoms with Crippen LogP contribution >= 0.6 is 23.2 Å². The number of benzene rings is 4. The van der Waals surface area contributed by atoms with E-state index in [0.717, 1.165) is 11.3 Å². The molecule has 4 aromatic carbocycles. The van der Waals surface area contributed by atoms with Crippen molar-refractivity contribution in [2.45, 2.75) is 18.0 Å². The Balaban J connectivity index is 1.56. The van der Waals surface area contributed by atoms with Crippen LogP contribution < -0.4 is 4.90 Å². The van der Waals surface area contributed by atoms with Crippen LogP contribution in [0.5, 0.6) is 0 Å². The average Bonchev–Trinajstić information content (AvgIpc) is 3.39. The molecule has 190 valence electrons. The van der Waals surface area contributed by atoms with E-state index in [4.69, 9.17) is 23.2 Å². The molecule has 7 rings (SSSR count). The molecular formula is C33H21Cl2NO3. The Morgan fingerprint density at radius 3 is 2.05 bits per heavy atom. The Labute approximate surface area is 235 Å². The highest BCUT2D eigenvalue weighted by atomic mass is 35.5. The molecule has 0 saturated carbocycles. The summed E-state index contributed by atoms with van der Waals surface area (Å²) in [5.74, 6) is -1.61. The van der Waals surface area contributed by atoms with Crippen LogP contribution in [0.25, 0.3) is 6.08 Å². The molecule has 2 heterocycles. The highest BCUT2D eigenvalue weighted by molar-refractivity contribution is 6.34. The number of hydrogen-bond donors (Lipinski definition) is 0. The minimum absolute atomic E-state index is 0.208.